The van der Waals surface area contributed by atoms with Crippen LogP contribution >= 0.6 is 11.3 Å². The van der Waals surface area contributed by atoms with Crippen molar-refractivity contribution in [2.45, 2.75) is 58.5 Å². The smallest absolute Gasteiger partial charge is 0.248 e. The average Bonchev–Trinajstić information content (AvgIpc) is 3.30. The minimum Gasteiger partial charge on any atom is -0.493 e. The van der Waals surface area contributed by atoms with E-state index in [1.807, 2.05) is 19.9 Å². The molecular weight excluding hydrogens is 598 g/mol. The standard InChI is InChI=1S/C32H39N5O7S/c1-7-16(2)28(31(41)37-32-35-19(15-45-32)13-26(33)40)36-23-11-9-20-21(14-24(23)39)22(34-17(3)38)10-8-18-12-25(42-4)29(43-5)30(44-6)27(18)20/h9,11-12,14-16,22,28H,7-8,10,13H2,1-6H3,(H2,33,40)(H,34,38)(H,36,39)(H,35,37,41)/t16-,22+,28+/m1/s1. The number of hydrogen-bond acceptors (Lipinski definition) is 10. The number of ether oxygens (including phenoxy) is 3. The number of carbonyl (C=O) groups is 3. The van der Waals surface area contributed by atoms with Crippen LogP contribution in [0.15, 0.2) is 34.4 Å². The van der Waals surface area contributed by atoms with Crippen molar-refractivity contribution in [3.63, 3.8) is 0 Å². The van der Waals surface area contributed by atoms with E-state index in [0.717, 1.165) is 11.1 Å². The number of aromatic nitrogens is 1. The number of carbonyl (C=O) groups excluding carboxylic acids is 3. The number of fused-ring (bicyclic) bond motifs is 3. The van der Waals surface area contributed by atoms with Crippen molar-refractivity contribution in [1.82, 2.24) is 10.3 Å². The van der Waals surface area contributed by atoms with E-state index in [2.05, 4.69) is 20.9 Å². The highest BCUT2D eigenvalue weighted by molar-refractivity contribution is 7.14. The van der Waals surface area contributed by atoms with Crippen molar-refractivity contribution in [1.29, 1.82) is 0 Å². The topological polar surface area (TPSA) is 171 Å². The Labute approximate surface area is 265 Å². The summed E-state index contributed by atoms with van der Waals surface area (Å²) in [4.78, 5) is 55.1. The molecule has 240 valence electrons. The van der Waals surface area contributed by atoms with E-state index in [4.69, 9.17) is 19.9 Å². The molecule has 0 saturated heterocycles. The Bertz CT molecular complexity index is 1660. The third-order valence-corrected chi connectivity index (χ3v) is 8.67. The van der Waals surface area contributed by atoms with Crippen LogP contribution in [0.3, 0.4) is 0 Å². The van der Waals surface area contributed by atoms with E-state index in [0.29, 0.717) is 58.5 Å². The highest BCUT2D eigenvalue weighted by atomic mass is 32.1. The molecule has 1 heterocycles. The maximum atomic E-state index is 13.8. The minimum atomic E-state index is -0.786. The number of methoxy groups -OCH3 is 3. The Hall–Kier alpha value is -4.65. The maximum absolute atomic E-state index is 13.8. The van der Waals surface area contributed by atoms with Crippen LogP contribution in [0.2, 0.25) is 0 Å². The van der Waals surface area contributed by atoms with Crippen LogP contribution in [0.5, 0.6) is 17.2 Å². The number of rotatable bonds is 12. The van der Waals surface area contributed by atoms with Gasteiger partial charge >= 0.3 is 0 Å². The van der Waals surface area contributed by atoms with E-state index in [1.165, 1.54) is 38.5 Å². The first-order valence-corrected chi connectivity index (χ1v) is 15.5. The van der Waals surface area contributed by atoms with Crippen molar-refractivity contribution >= 4 is 39.9 Å². The number of thiazole rings is 1. The molecule has 2 aromatic carbocycles. The zero-order valence-electron chi connectivity index (χ0n) is 26.2. The molecule has 13 heteroatoms. The molecule has 1 aliphatic carbocycles. The maximum Gasteiger partial charge on any atom is 0.248 e. The number of amides is 3. The fourth-order valence-corrected chi connectivity index (χ4v) is 6.22. The molecule has 3 amide bonds. The number of anilines is 2. The van der Waals surface area contributed by atoms with Gasteiger partial charge in [-0.05, 0) is 53.6 Å². The Morgan fingerprint density at radius 3 is 2.47 bits per heavy atom. The van der Waals surface area contributed by atoms with Crippen molar-refractivity contribution in [3.8, 4) is 28.4 Å². The quantitative estimate of drug-likeness (QED) is 0.231. The largest absolute Gasteiger partial charge is 0.493 e. The van der Waals surface area contributed by atoms with Gasteiger partial charge in [0, 0.05) is 17.9 Å². The van der Waals surface area contributed by atoms with E-state index in [9.17, 15) is 19.2 Å². The molecule has 3 aromatic rings. The van der Waals surface area contributed by atoms with Crippen LogP contribution in [0.4, 0.5) is 10.8 Å². The molecule has 0 unspecified atom stereocenters. The molecule has 0 radical (unpaired) electrons. The van der Waals surface area contributed by atoms with Crippen LogP contribution in [0.25, 0.3) is 11.1 Å². The second-order valence-corrected chi connectivity index (χ2v) is 11.7. The van der Waals surface area contributed by atoms with Crippen LogP contribution in [0, 0.1) is 5.92 Å². The molecular formula is C32H39N5O7S. The number of aryl methyl sites for hydroxylation is 1. The first-order valence-electron chi connectivity index (χ1n) is 14.6. The van der Waals surface area contributed by atoms with Crippen molar-refractivity contribution in [2.24, 2.45) is 11.7 Å². The SMILES string of the molecule is CC[C@@H](C)[C@H](Nc1ccc2c(cc1=O)[C@@H](NC(C)=O)CCc1cc(OC)c(OC)c(OC)c1-2)C(=O)Nc1nc(CC(N)=O)cs1. The molecule has 4 rings (SSSR count). The molecule has 3 atom stereocenters. The summed E-state index contributed by atoms with van der Waals surface area (Å²) in [6.45, 7) is 5.30. The molecule has 0 fully saturated rings. The summed E-state index contributed by atoms with van der Waals surface area (Å²) in [5.74, 6) is 0.0638. The Balaban J connectivity index is 1.81. The van der Waals surface area contributed by atoms with E-state index < -0.39 is 18.0 Å². The van der Waals surface area contributed by atoms with E-state index in [-0.39, 0.29) is 35.3 Å². The monoisotopic (exact) mass is 637 g/mol. The Morgan fingerprint density at radius 1 is 1.11 bits per heavy atom. The second-order valence-electron chi connectivity index (χ2n) is 10.9. The van der Waals surface area contributed by atoms with E-state index in [1.54, 1.807) is 24.6 Å². The lowest BCUT2D eigenvalue weighted by molar-refractivity contribution is -0.120. The summed E-state index contributed by atoms with van der Waals surface area (Å²) in [6, 6.07) is 5.59. The fourth-order valence-electron chi connectivity index (χ4n) is 5.50. The van der Waals surface area contributed by atoms with E-state index >= 15 is 0 Å². The van der Waals surface area contributed by atoms with Crippen LogP contribution in [0.1, 0.15) is 56.5 Å². The summed E-state index contributed by atoms with van der Waals surface area (Å²) < 4.78 is 17.1. The zero-order valence-corrected chi connectivity index (χ0v) is 27.1. The molecule has 0 spiro atoms. The molecule has 0 saturated carbocycles. The normalized spacial score (nSPS) is 14.9. The highest BCUT2D eigenvalue weighted by Gasteiger charge is 2.30. The number of hydrogen-bond donors (Lipinski definition) is 4. The number of primary amides is 1. The lowest BCUT2D eigenvalue weighted by Gasteiger charge is -2.23. The van der Waals surface area contributed by atoms with Gasteiger partial charge in [-0.25, -0.2) is 4.98 Å². The number of benzene rings is 1. The van der Waals surface area contributed by atoms with Gasteiger partial charge in [-0.3, -0.25) is 19.2 Å². The summed E-state index contributed by atoms with van der Waals surface area (Å²) in [5, 5.41) is 11.0. The third-order valence-electron chi connectivity index (χ3n) is 7.86. The molecule has 1 aliphatic rings. The lowest BCUT2D eigenvalue weighted by Crippen LogP contribution is -2.40. The molecule has 45 heavy (non-hydrogen) atoms. The first kappa shape index (κ1) is 33.2. The zero-order chi connectivity index (χ0) is 32.8. The van der Waals surface area contributed by atoms with Crippen molar-refractivity contribution in [2.75, 3.05) is 32.0 Å². The molecule has 5 N–H and O–H groups in total. The van der Waals surface area contributed by atoms with Gasteiger partial charge < -0.3 is 35.9 Å². The minimum absolute atomic E-state index is 0.0316. The van der Waals surface area contributed by atoms with Gasteiger partial charge in [0.25, 0.3) is 0 Å². The van der Waals surface area contributed by atoms with Gasteiger partial charge in [-0.1, -0.05) is 26.3 Å². The van der Waals surface area contributed by atoms with Gasteiger partial charge in [0.15, 0.2) is 16.6 Å². The number of nitrogens with zero attached hydrogens (tertiary/aromatic N) is 1. The van der Waals surface area contributed by atoms with Gasteiger partial charge in [0.05, 0.1) is 45.2 Å². The van der Waals surface area contributed by atoms with Crippen molar-refractivity contribution in [3.05, 3.63) is 56.7 Å². The van der Waals surface area contributed by atoms with Crippen LogP contribution in [-0.4, -0.2) is 50.1 Å². The van der Waals surface area contributed by atoms with Gasteiger partial charge in [0.2, 0.25) is 28.9 Å². The second kappa shape index (κ2) is 14.4. The summed E-state index contributed by atoms with van der Waals surface area (Å²) in [6.07, 6.45) is 1.71. The Kier molecular flexibility index (Phi) is 10.7. The predicted molar refractivity (Wildman–Crippen MR) is 173 cm³/mol. The van der Waals surface area contributed by atoms with Crippen molar-refractivity contribution < 1.29 is 28.6 Å². The van der Waals surface area contributed by atoms with Crippen LogP contribution in [-0.2, 0) is 27.2 Å². The number of nitrogens with one attached hydrogen (secondary N) is 3. The predicted octanol–water partition coefficient (Wildman–Crippen LogP) is 3.81. The average molecular weight is 638 g/mol. The fraction of sp³-hybridized carbons (Fsp3) is 0.406. The Morgan fingerprint density at radius 2 is 1.84 bits per heavy atom. The summed E-state index contributed by atoms with van der Waals surface area (Å²) in [7, 11) is 4.61. The summed E-state index contributed by atoms with van der Waals surface area (Å²) >= 11 is 1.18. The van der Waals surface area contributed by atoms with Gasteiger partial charge in [0.1, 0.15) is 6.04 Å². The first-order chi connectivity index (χ1) is 21.5. The molecule has 0 bridgehead atoms. The molecule has 1 aromatic heterocycles. The highest BCUT2D eigenvalue weighted by Crippen LogP contribution is 2.50. The lowest BCUT2D eigenvalue weighted by atomic mass is 9.95. The third kappa shape index (κ3) is 7.36. The number of nitrogens with two attached hydrogens (primary N) is 1. The summed E-state index contributed by atoms with van der Waals surface area (Å²) in [5.41, 5.74) is 8.51. The van der Waals surface area contributed by atoms with Gasteiger partial charge in [-0.2, -0.15) is 0 Å². The van der Waals surface area contributed by atoms with Crippen LogP contribution < -0.4 is 41.3 Å². The molecule has 0 aliphatic heterocycles. The van der Waals surface area contributed by atoms with Gasteiger partial charge in [-0.15, -0.1) is 11.3 Å². The molecule has 12 nitrogen and oxygen atoms in total.